The van der Waals surface area contributed by atoms with Gasteiger partial charge in [0.25, 0.3) is 5.91 Å². The van der Waals surface area contributed by atoms with E-state index >= 15 is 0 Å². The van der Waals surface area contributed by atoms with Crippen molar-refractivity contribution in [1.82, 2.24) is 15.6 Å². The molecule has 1 heterocycles. The van der Waals surface area contributed by atoms with Crippen LogP contribution in [0.1, 0.15) is 16.1 Å². The van der Waals surface area contributed by atoms with E-state index in [9.17, 15) is 9.59 Å². The molecule has 0 saturated heterocycles. The predicted octanol–water partition coefficient (Wildman–Crippen LogP) is 0.536. The topological polar surface area (TPSA) is 80.3 Å². The van der Waals surface area contributed by atoms with Crippen LogP contribution >= 0.6 is 11.6 Å². The third-order valence-corrected chi connectivity index (χ3v) is 2.42. The van der Waals surface area contributed by atoms with Gasteiger partial charge in [-0.25, -0.2) is 4.98 Å². The molecule has 2 N–H and O–H groups in total. The summed E-state index contributed by atoms with van der Waals surface area (Å²) >= 11 is 5.76. The molecule has 0 spiro atoms. The van der Waals surface area contributed by atoms with Gasteiger partial charge in [0, 0.05) is 24.9 Å². The van der Waals surface area contributed by atoms with Gasteiger partial charge in [0.2, 0.25) is 5.91 Å². The van der Waals surface area contributed by atoms with Crippen molar-refractivity contribution < 1.29 is 14.3 Å². The number of halogens is 1. The number of carbonyl (C=O) groups is 2. The smallest absolute Gasteiger partial charge is 0.251 e. The van der Waals surface area contributed by atoms with Gasteiger partial charge in [0.05, 0.1) is 13.2 Å². The number of ether oxygens (including phenoxy) is 1. The second-order valence-electron chi connectivity index (χ2n) is 3.85. The van der Waals surface area contributed by atoms with E-state index < -0.39 is 0 Å². The zero-order chi connectivity index (χ0) is 14.3. The minimum atomic E-state index is -0.366. The highest BCUT2D eigenvalue weighted by molar-refractivity contribution is 6.29. The molecular formula is C12H16ClN3O3. The third-order valence-electron chi connectivity index (χ3n) is 2.22. The van der Waals surface area contributed by atoms with Crippen LogP contribution < -0.4 is 10.6 Å². The van der Waals surface area contributed by atoms with Gasteiger partial charge in [0.15, 0.2) is 0 Å². The number of carbonyl (C=O) groups excluding carboxylic acids is 2. The molecule has 7 heteroatoms. The molecule has 0 unspecified atom stereocenters. The van der Waals surface area contributed by atoms with Gasteiger partial charge >= 0.3 is 0 Å². The number of hydrogen-bond donors (Lipinski definition) is 2. The molecule has 0 radical (unpaired) electrons. The van der Waals surface area contributed by atoms with Crippen molar-refractivity contribution in [2.75, 3.05) is 26.8 Å². The Balaban J connectivity index is 2.44. The molecule has 0 aliphatic heterocycles. The van der Waals surface area contributed by atoms with E-state index in [4.69, 9.17) is 16.3 Å². The van der Waals surface area contributed by atoms with E-state index in [0.29, 0.717) is 24.4 Å². The molecule has 0 aliphatic carbocycles. The van der Waals surface area contributed by atoms with Crippen LogP contribution in [-0.4, -0.2) is 43.6 Å². The second-order valence-corrected chi connectivity index (χ2v) is 4.23. The maximum absolute atomic E-state index is 11.8. The number of amides is 2. The Bertz CT molecular complexity index is 445. The SMILES string of the molecule is COCCNC(=O)CNC(=O)c1cc(C)nc(Cl)c1. The number of aromatic nitrogens is 1. The molecule has 0 fully saturated rings. The van der Waals surface area contributed by atoms with Crippen LogP contribution in [0.15, 0.2) is 12.1 Å². The zero-order valence-corrected chi connectivity index (χ0v) is 11.6. The number of nitrogens with one attached hydrogen (secondary N) is 2. The highest BCUT2D eigenvalue weighted by Gasteiger charge is 2.09. The fourth-order valence-electron chi connectivity index (χ4n) is 1.38. The molecule has 0 aromatic carbocycles. The van der Waals surface area contributed by atoms with Crippen molar-refractivity contribution >= 4 is 23.4 Å². The average Bonchev–Trinajstić information content (AvgIpc) is 2.35. The number of nitrogens with zero attached hydrogens (tertiary/aromatic N) is 1. The summed E-state index contributed by atoms with van der Waals surface area (Å²) in [6.07, 6.45) is 0. The molecule has 1 aromatic heterocycles. The molecule has 0 saturated carbocycles. The number of pyridine rings is 1. The first-order valence-corrected chi connectivity index (χ1v) is 6.08. The predicted molar refractivity (Wildman–Crippen MR) is 71.2 cm³/mol. The van der Waals surface area contributed by atoms with Crippen molar-refractivity contribution in [1.29, 1.82) is 0 Å². The monoisotopic (exact) mass is 285 g/mol. The lowest BCUT2D eigenvalue weighted by molar-refractivity contribution is -0.120. The summed E-state index contributed by atoms with van der Waals surface area (Å²) in [6.45, 7) is 2.48. The van der Waals surface area contributed by atoms with Crippen LogP contribution in [0.4, 0.5) is 0 Å². The first-order valence-electron chi connectivity index (χ1n) is 5.71. The summed E-state index contributed by atoms with van der Waals surface area (Å²) in [5.41, 5.74) is 1.02. The van der Waals surface area contributed by atoms with Gasteiger partial charge in [-0.05, 0) is 19.1 Å². The first-order chi connectivity index (χ1) is 9.02. The van der Waals surface area contributed by atoms with Crippen molar-refractivity contribution in [3.05, 3.63) is 28.5 Å². The fourth-order valence-corrected chi connectivity index (χ4v) is 1.63. The van der Waals surface area contributed by atoms with E-state index in [2.05, 4.69) is 15.6 Å². The third kappa shape index (κ3) is 5.67. The van der Waals surface area contributed by atoms with Crippen LogP contribution in [0.3, 0.4) is 0 Å². The summed E-state index contributed by atoms with van der Waals surface area (Å²) < 4.78 is 4.79. The lowest BCUT2D eigenvalue weighted by atomic mass is 10.2. The lowest BCUT2D eigenvalue weighted by Crippen LogP contribution is -2.38. The Morgan fingerprint density at radius 3 is 2.74 bits per heavy atom. The molecular weight excluding hydrogens is 270 g/mol. The van der Waals surface area contributed by atoms with Gasteiger partial charge in [0.1, 0.15) is 5.15 Å². The minimum absolute atomic E-state index is 0.0957. The molecule has 6 nitrogen and oxygen atoms in total. The van der Waals surface area contributed by atoms with Crippen molar-refractivity contribution in [2.24, 2.45) is 0 Å². The van der Waals surface area contributed by atoms with Gasteiger partial charge in [-0.15, -0.1) is 0 Å². The quantitative estimate of drug-likeness (QED) is 0.590. The average molecular weight is 286 g/mol. The zero-order valence-electron chi connectivity index (χ0n) is 10.8. The first kappa shape index (κ1) is 15.4. The highest BCUT2D eigenvalue weighted by Crippen LogP contribution is 2.09. The summed E-state index contributed by atoms with van der Waals surface area (Å²) in [4.78, 5) is 27.1. The lowest BCUT2D eigenvalue weighted by Gasteiger charge is -2.07. The van der Waals surface area contributed by atoms with E-state index in [1.54, 1.807) is 20.1 Å². The van der Waals surface area contributed by atoms with Gasteiger partial charge in [-0.3, -0.25) is 9.59 Å². The molecule has 1 aromatic rings. The van der Waals surface area contributed by atoms with Crippen molar-refractivity contribution in [3.63, 3.8) is 0 Å². The normalized spacial score (nSPS) is 10.1. The molecule has 1 rings (SSSR count). The summed E-state index contributed by atoms with van der Waals surface area (Å²) in [5.74, 6) is -0.642. The Labute approximate surface area is 116 Å². The molecule has 0 aliphatic rings. The van der Waals surface area contributed by atoms with Gasteiger partial charge in [-0.1, -0.05) is 11.6 Å². The van der Waals surface area contributed by atoms with Crippen LogP contribution in [0.25, 0.3) is 0 Å². The van der Waals surface area contributed by atoms with Crippen LogP contribution in [0.5, 0.6) is 0 Å². The fraction of sp³-hybridized carbons (Fsp3) is 0.417. The van der Waals surface area contributed by atoms with E-state index in [-0.39, 0.29) is 23.5 Å². The Morgan fingerprint density at radius 2 is 2.11 bits per heavy atom. The largest absolute Gasteiger partial charge is 0.383 e. The van der Waals surface area contributed by atoms with E-state index in [0.717, 1.165) is 0 Å². The molecule has 19 heavy (non-hydrogen) atoms. The number of aryl methyl sites for hydroxylation is 1. The van der Waals surface area contributed by atoms with Gasteiger partial charge in [-0.2, -0.15) is 0 Å². The number of methoxy groups -OCH3 is 1. The maximum Gasteiger partial charge on any atom is 0.251 e. The molecule has 0 atom stereocenters. The van der Waals surface area contributed by atoms with Gasteiger partial charge < -0.3 is 15.4 Å². The van der Waals surface area contributed by atoms with Crippen LogP contribution in [0, 0.1) is 6.92 Å². The Morgan fingerprint density at radius 1 is 1.37 bits per heavy atom. The summed E-state index contributed by atoms with van der Waals surface area (Å²) in [7, 11) is 1.55. The second kappa shape index (κ2) is 7.70. The molecule has 104 valence electrons. The minimum Gasteiger partial charge on any atom is -0.383 e. The van der Waals surface area contributed by atoms with Crippen LogP contribution in [-0.2, 0) is 9.53 Å². The molecule has 2 amide bonds. The van der Waals surface area contributed by atoms with E-state index in [1.165, 1.54) is 6.07 Å². The van der Waals surface area contributed by atoms with Crippen molar-refractivity contribution in [3.8, 4) is 0 Å². The Hall–Kier alpha value is -1.66. The van der Waals surface area contributed by atoms with Crippen LogP contribution in [0.2, 0.25) is 5.15 Å². The summed E-state index contributed by atoms with van der Waals surface area (Å²) in [6, 6.07) is 3.05. The Kier molecular flexibility index (Phi) is 6.24. The van der Waals surface area contributed by atoms with E-state index in [1.807, 2.05) is 0 Å². The maximum atomic E-state index is 11.8. The number of rotatable bonds is 6. The standard InChI is InChI=1S/C12H16ClN3O3/c1-8-5-9(6-10(13)16-8)12(18)15-7-11(17)14-3-4-19-2/h5-6H,3-4,7H2,1-2H3,(H,14,17)(H,15,18). The van der Waals surface area contributed by atoms with Crippen molar-refractivity contribution in [2.45, 2.75) is 6.92 Å². The highest BCUT2D eigenvalue weighted by atomic mass is 35.5. The molecule has 0 bridgehead atoms. The summed E-state index contributed by atoms with van der Waals surface area (Å²) in [5, 5.41) is 5.34. The number of hydrogen-bond acceptors (Lipinski definition) is 4.